The summed E-state index contributed by atoms with van der Waals surface area (Å²) in [6, 6.07) is 9.80. The lowest BCUT2D eigenvalue weighted by Gasteiger charge is -2.13. The third kappa shape index (κ3) is 2.71. The number of carbonyl (C=O) groups excluding carboxylic acids is 1. The number of carbonyl (C=O) groups is 1. The van der Waals surface area contributed by atoms with Crippen molar-refractivity contribution >= 4 is 12.0 Å². The van der Waals surface area contributed by atoms with Crippen LogP contribution in [0.3, 0.4) is 0 Å². The van der Waals surface area contributed by atoms with Gasteiger partial charge in [0.05, 0.1) is 0 Å². The smallest absolute Gasteiger partial charge is 0.335 e. The van der Waals surface area contributed by atoms with Gasteiger partial charge in [-0.3, -0.25) is 0 Å². The molecule has 2 rings (SSSR count). The number of rotatable bonds is 2. The fraction of sp³-hybridized carbons (Fsp3) is 0.0714. The third-order valence-electron chi connectivity index (χ3n) is 2.57. The van der Waals surface area contributed by atoms with Crippen LogP contribution in [0, 0.1) is 5.92 Å². The highest BCUT2D eigenvalue weighted by Crippen LogP contribution is 2.22. The maximum absolute atomic E-state index is 11.5. The summed E-state index contributed by atoms with van der Waals surface area (Å²) in [4.78, 5) is 15.8. The molecule has 86 valence electrons. The van der Waals surface area contributed by atoms with Crippen LogP contribution in [-0.2, 0) is 9.63 Å². The Bertz CT molecular complexity index is 486. The molecule has 1 aromatic carbocycles. The van der Waals surface area contributed by atoms with Crippen LogP contribution < -0.4 is 5.90 Å². The second-order valence-corrected chi connectivity index (χ2v) is 3.71. The first-order chi connectivity index (χ1) is 8.31. The maximum atomic E-state index is 11.5. The van der Waals surface area contributed by atoms with Gasteiger partial charge in [-0.05, 0) is 11.1 Å². The highest BCUT2D eigenvalue weighted by molar-refractivity contribution is 5.81. The minimum Gasteiger partial charge on any atom is -0.373 e. The van der Waals surface area contributed by atoms with Crippen LogP contribution in [0.15, 0.2) is 60.2 Å². The van der Waals surface area contributed by atoms with Crippen LogP contribution in [0.5, 0.6) is 0 Å². The Balaban J connectivity index is 2.30. The molecule has 0 fully saturated rings. The summed E-state index contributed by atoms with van der Waals surface area (Å²) in [5, 5.41) is 0. The molecule has 1 aliphatic rings. The van der Waals surface area contributed by atoms with Crippen molar-refractivity contribution < 1.29 is 9.63 Å². The maximum Gasteiger partial charge on any atom is 0.335 e. The highest BCUT2D eigenvalue weighted by Gasteiger charge is 2.21. The number of hydrogen-bond donors (Lipinski definition) is 1. The Morgan fingerprint density at radius 2 is 2.00 bits per heavy atom. The zero-order valence-electron chi connectivity index (χ0n) is 9.24. The van der Waals surface area contributed by atoms with Crippen LogP contribution in [0.2, 0.25) is 0 Å². The predicted octanol–water partition coefficient (Wildman–Crippen LogP) is 2.23. The van der Waals surface area contributed by atoms with E-state index < -0.39 is 11.9 Å². The van der Waals surface area contributed by atoms with Gasteiger partial charge in [0.1, 0.15) is 5.92 Å². The largest absolute Gasteiger partial charge is 0.373 e. The molecule has 1 unspecified atom stereocenters. The molecule has 1 aliphatic carbocycles. The fourth-order valence-corrected chi connectivity index (χ4v) is 1.72. The van der Waals surface area contributed by atoms with Crippen molar-refractivity contribution in [1.82, 2.24) is 0 Å². The van der Waals surface area contributed by atoms with E-state index in [0.29, 0.717) is 0 Å². The van der Waals surface area contributed by atoms with Crippen molar-refractivity contribution in [2.45, 2.75) is 0 Å². The molecule has 0 heterocycles. The molecule has 1 atom stereocenters. The lowest BCUT2D eigenvalue weighted by atomic mass is 9.93. The van der Waals surface area contributed by atoms with Crippen molar-refractivity contribution in [3.8, 4) is 0 Å². The predicted molar refractivity (Wildman–Crippen MR) is 66.5 cm³/mol. The van der Waals surface area contributed by atoms with Gasteiger partial charge in [0.25, 0.3) is 0 Å². The van der Waals surface area contributed by atoms with E-state index >= 15 is 0 Å². The molecule has 0 radical (unpaired) electrons. The van der Waals surface area contributed by atoms with Gasteiger partial charge in [-0.25, -0.2) is 4.79 Å². The summed E-state index contributed by atoms with van der Waals surface area (Å²) in [5.74, 6) is 4.05. The molecule has 0 bridgehead atoms. The van der Waals surface area contributed by atoms with Crippen LogP contribution in [-0.4, -0.2) is 5.97 Å². The lowest BCUT2D eigenvalue weighted by molar-refractivity contribution is -0.146. The Morgan fingerprint density at radius 3 is 2.71 bits per heavy atom. The molecule has 3 heteroatoms. The van der Waals surface area contributed by atoms with Gasteiger partial charge < -0.3 is 4.84 Å². The van der Waals surface area contributed by atoms with Gasteiger partial charge in [-0.15, -0.1) is 0 Å². The fourth-order valence-electron chi connectivity index (χ4n) is 1.72. The van der Waals surface area contributed by atoms with E-state index in [1.807, 2.05) is 54.6 Å². The molecule has 0 amide bonds. The average molecular weight is 227 g/mol. The van der Waals surface area contributed by atoms with Gasteiger partial charge in [0, 0.05) is 0 Å². The van der Waals surface area contributed by atoms with Gasteiger partial charge in [0.15, 0.2) is 0 Å². The standard InChI is InChI=1S/C14H13NO2/c15-17-14(16)13-9-5-4-8-12(13)10-11-6-2-1-3-7-11/h1-10,13H,15H2. The summed E-state index contributed by atoms with van der Waals surface area (Å²) < 4.78 is 0. The molecular weight excluding hydrogens is 214 g/mol. The van der Waals surface area contributed by atoms with Crippen molar-refractivity contribution in [1.29, 1.82) is 0 Å². The van der Waals surface area contributed by atoms with E-state index in [0.717, 1.165) is 11.1 Å². The van der Waals surface area contributed by atoms with E-state index in [4.69, 9.17) is 5.90 Å². The first-order valence-electron chi connectivity index (χ1n) is 5.33. The minimum atomic E-state index is -0.451. The normalized spacial score (nSPS) is 20.5. The van der Waals surface area contributed by atoms with Crippen molar-refractivity contribution in [3.63, 3.8) is 0 Å². The van der Waals surface area contributed by atoms with Gasteiger partial charge in [-0.2, -0.15) is 5.90 Å². The van der Waals surface area contributed by atoms with Crippen LogP contribution in [0.4, 0.5) is 0 Å². The van der Waals surface area contributed by atoms with Crippen molar-refractivity contribution in [2.75, 3.05) is 0 Å². The summed E-state index contributed by atoms with van der Waals surface area (Å²) in [7, 11) is 0. The number of hydrogen-bond acceptors (Lipinski definition) is 3. The van der Waals surface area contributed by atoms with Crippen molar-refractivity contribution in [3.05, 3.63) is 65.8 Å². The Kier molecular flexibility index (Phi) is 3.52. The molecule has 0 saturated heterocycles. The quantitative estimate of drug-likeness (QED) is 0.788. The van der Waals surface area contributed by atoms with E-state index in [1.165, 1.54) is 0 Å². The first kappa shape index (κ1) is 11.4. The average Bonchev–Trinajstić information content (AvgIpc) is 2.40. The zero-order chi connectivity index (χ0) is 12.1. The van der Waals surface area contributed by atoms with E-state index in [2.05, 4.69) is 4.84 Å². The van der Waals surface area contributed by atoms with Crippen molar-refractivity contribution in [2.24, 2.45) is 11.8 Å². The Labute approximate surface area is 99.8 Å². The third-order valence-corrected chi connectivity index (χ3v) is 2.57. The van der Waals surface area contributed by atoms with Gasteiger partial charge in [0.2, 0.25) is 0 Å². The molecule has 17 heavy (non-hydrogen) atoms. The Hall–Kier alpha value is -2.13. The first-order valence-corrected chi connectivity index (χ1v) is 5.33. The molecule has 2 N–H and O–H groups in total. The summed E-state index contributed by atoms with van der Waals surface area (Å²) in [6.45, 7) is 0. The van der Waals surface area contributed by atoms with E-state index in [1.54, 1.807) is 6.08 Å². The molecule has 0 spiro atoms. The van der Waals surface area contributed by atoms with Gasteiger partial charge in [-0.1, -0.05) is 60.7 Å². The molecular formula is C14H13NO2. The number of allylic oxidation sites excluding steroid dienone is 3. The van der Waals surface area contributed by atoms with Crippen LogP contribution >= 0.6 is 0 Å². The van der Waals surface area contributed by atoms with Gasteiger partial charge >= 0.3 is 5.97 Å². The summed E-state index contributed by atoms with van der Waals surface area (Å²) in [5.41, 5.74) is 1.91. The summed E-state index contributed by atoms with van der Waals surface area (Å²) >= 11 is 0. The molecule has 0 aliphatic heterocycles. The topological polar surface area (TPSA) is 52.3 Å². The second-order valence-electron chi connectivity index (χ2n) is 3.71. The molecule has 0 aromatic heterocycles. The number of nitrogens with two attached hydrogens (primary N) is 1. The second kappa shape index (κ2) is 5.27. The zero-order valence-corrected chi connectivity index (χ0v) is 9.24. The Morgan fingerprint density at radius 1 is 1.24 bits per heavy atom. The van der Waals surface area contributed by atoms with E-state index in [-0.39, 0.29) is 0 Å². The summed E-state index contributed by atoms with van der Waals surface area (Å²) in [6.07, 6.45) is 9.29. The van der Waals surface area contributed by atoms with Crippen LogP contribution in [0.1, 0.15) is 5.56 Å². The molecule has 1 aromatic rings. The highest BCUT2D eigenvalue weighted by atomic mass is 16.7. The molecule has 0 saturated carbocycles. The van der Waals surface area contributed by atoms with E-state index in [9.17, 15) is 4.79 Å². The molecule has 3 nitrogen and oxygen atoms in total. The SMILES string of the molecule is NOC(=O)C1C=CC=CC1=Cc1ccccc1. The van der Waals surface area contributed by atoms with Crippen LogP contribution in [0.25, 0.3) is 6.08 Å². The monoisotopic (exact) mass is 227 g/mol. The lowest BCUT2D eigenvalue weighted by Crippen LogP contribution is -2.21. The number of benzene rings is 1. The minimum absolute atomic E-state index is 0.426.